The predicted molar refractivity (Wildman–Crippen MR) is 126 cm³/mol. The Kier molecular flexibility index (Phi) is 8.31. The van der Waals surface area contributed by atoms with Crippen LogP contribution in [0.1, 0.15) is 56.8 Å². The first-order chi connectivity index (χ1) is 15.0. The molecule has 3 N–H and O–H groups in total. The van der Waals surface area contributed by atoms with Crippen LogP contribution >= 0.6 is 11.8 Å². The zero-order chi connectivity index (χ0) is 22.2. The summed E-state index contributed by atoms with van der Waals surface area (Å²) in [6.45, 7) is 8.50. The number of hydrogen-bond acceptors (Lipinski definition) is 6. The number of imidazole rings is 1. The molecule has 31 heavy (non-hydrogen) atoms. The lowest BCUT2D eigenvalue weighted by Crippen LogP contribution is -2.31. The highest BCUT2D eigenvalue weighted by Gasteiger charge is 2.19. The van der Waals surface area contributed by atoms with Crippen molar-refractivity contribution in [1.82, 2.24) is 19.9 Å². The Morgan fingerprint density at radius 3 is 2.68 bits per heavy atom. The summed E-state index contributed by atoms with van der Waals surface area (Å²) in [7, 11) is 0. The minimum absolute atomic E-state index is 0.195. The fourth-order valence-corrected chi connectivity index (χ4v) is 4.81. The van der Waals surface area contributed by atoms with Crippen LogP contribution < -0.4 is 10.6 Å². The molecule has 166 valence electrons. The molecule has 0 aliphatic carbocycles. The lowest BCUT2D eigenvalue weighted by atomic mass is 10.1. The van der Waals surface area contributed by atoms with Crippen molar-refractivity contribution in [2.45, 2.75) is 55.8 Å². The van der Waals surface area contributed by atoms with Crippen molar-refractivity contribution >= 4 is 29.6 Å². The average Bonchev–Trinajstić information content (AvgIpc) is 3.20. The summed E-state index contributed by atoms with van der Waals surface area (Å²) in [6, 6.07) is 12.9. The zero-order valence-corrected chi connectivity index (χ0v) is 19.1. The molecule has 8 heteroatoms. The molecule has 0 radical (unpaired) electrons. The molecule has 0 bridgehead atoms. The number of carboxylic acid groups (broad SMARTS) is 1. The first-order valence-corrected chi connectivity index (χ1v) is 11.6. The van der Waals surface area contributed by atoms with Gasteiger partial charge in [-0.15, -0.1) is 0 Å². The van der Waals surface area contributed by atoms with Gasteiger partial charge >= 0.3 is 0 Å². The van der Waals surface area contributed by atoms with Gasteiger partial charge in [0.15, 0.2) is 5.65 Å². The number of piperidine rings is 1. The molecule has 1 fully saturated rings. The van der Waals surface area contributed by atoms with Crippen LogP contribution in [0.4, 0.5) is 5.69 Å². The van der Waals surface area contributed by atoms with Gasteiger partial charge in [0.25, 0.3) is 6.47 Å². The van der Waals surface area contributed by atoms with E-state index >= 15 is 0 Å². The van der Waals surface area contributed by atoms with Crippen LogP contribution in [0.2, 0.25) is 0 Å². The van der Waals surface area contributed by atoms with Gasteiger partial charge < -0.3 is 15.7 Å². The second-order valence-electron chi connectivity index (χ2n) is 7.94. The molecule has 2 aromatic heterocycles. The third-order valence-corrected chi connectivity index (χ3v) is 6.45. The third kappa shape index (κ3) is 5.98. The van der Waals surface area contributed by atoms with Crippen molar-refractivity contribution in [1.29, 1.82) is 0 Å². The van der Waals surface area contributed by atoms with Crippen molar-refractivity contribution in [2.75, 3.05) is 18.4 Å². The van der Waals surface area contributed by atoms with E-state index < -0.39 is 0 Å². The van der Waals surface area contributed by atoms with Gasteiger partial charge in [0, 0.05) is 17.8 Å². The Bertz CT molecular complexity index is 971. The van der Waals surface area contributed by atoms with E-state index in [2.05, 4.69) is 67.8 Å². The predicted octanol–water partition coefficient (Wildman–Crippen LogP) is 4.57. The maximum absolute atomic E-state index is 8.36. The number of carbonyl (C=O) groups is 1. The van der Waals surface area contributed by atoms with Crippen molar-refractivity contribution in [3.8, 4) is 0 Å². The van der Waals surface area contributed by atoms with Gasteiger partial charge in [-0.05, 0) is 43.9 Å². The normalized spacial score (nSPS) is 17.1. The van der Waals surface area contributed by atoms with Crippen molar-refractivity contribution in [3.63, 3.8) is 0 Å². The molecule has 0 spiro atoms. The fraction of sp³-hybridized carbons (Fsp3) is 0.435. The topological polar surface area (TPSA) is 91.5 Å². The lowest BCUT2D eigenvalue weighted by Gasteiger charge is -2.22. The Morgan fingerprint density at radius 1 is 1.29 bits per heavy atom. The fourth-order valence-electron chi connectivity index (χ4n) is 3.67. The SMILES string of the molecule is CC(C)c1cnc2c(N[C@@H](C)c3ccccc3)cc(SC3CCCNC3)nn12.O=CO. The van der Waals surface area contributed by atoms with Crippen molar-refractivity contribution in [2.24, 2.45) is 0 Å². The monoisotopic (exact) mass is 441 g/mol. The highest BCUT2D eigenvalue weighted by molar-refractivity contribution is 7.99. The standard InChI is InChI=1S/C22H29N5S.CH2O2/c1-15(2)20-14-24-22-19(25-16(3)17-8-5-4-6-9-17)12-21(26-27(20)22)28-18-10-7-11-23-13-18;2-1-3/h4-6,8-9,12,14-16,18,23,25H,7,10-11,13H2,1-3H3;1H,(H,2,3)/t16-,18?;/m0./s1. The molecular formula is C23H31N5O2S. The average molecular weight is 442 g/mol. The molecule has 1 aromatic carbocycles. The van der Waals surface area contributed by atoms with Gasteiger partial charge in [0.05, 0.1) is 17.6 Å². The number of hydrogen-bond donors (Lipinski definition) is 3. The molecule has 1 unspecified atom stereocenters. The molecule has 1 aliphatic rings. The largest absolute Gasteiger partial charge is 0.483 e. The number of rotatable bonds is 6. The molecule has 0 saturated carbocycles. The number of nitrogens with one attached hydrogen (secondary N) is 2. The molecule has 7 nitrogen and oxygen atoms in total. The maximum Gasteiger partial charge on any atom is 0.290 e. The van der Waals surface area contributed by atoms with E-state index in [9.17, 15) is 0 Å². The summed E-state index contributed by atoms with van der Waals surface area (Å²) in [5, 5.41) is 20.6. The number of benzene rings is 1. The van der Waals surface area contributed by atoms with Crippen molar-refractivity contribution in [3.05, 3.63) is 53.9 Å². The van der Waals surface area contributed by atoms with Crippen LogP contribution in [-0.4, -0.2) is 44.5 Å². The van der Waals surface area contributed by atoms with Crippen LogP contribution in [0.15, 0.2) is 47.6 Å². The van der Waals surface area contributed by atoms with E-state index in [0.717, 1.165) is 35.1 Å². The second-order valence-corrected chi connectivity index (χ2v) is 9.26. The summed E-state index contributed by atoms with van der Waals surface area (Å²) in [6.07, 6.45) is 4.43. The van der Waals surface area contributed by atoms with Gasteiger partial charge in [-0.2, -0.15) is 5.10 Å². The first-order valence-electron chi connectivity index (χ1n) is 10.7. The van der Waals surface area contributed by atoms with Crippen LogP contribution in [0.25, 0.3) is 5.65 Å². The molecule has 1 aliphatic heterocycles. The second kappa shape index (κ2) is 11.2. The highest BCUT2D eigenvalue weighted by atomic mass is 32.2. The van der Waals surface area contributed by atoms with Gasteiger partial charge in [-0.25, -0.2) is 9.50 Å². The van der Waals surface area contributed by atoms with E-state index in [1.54, 1.807) is 0 Å². The van der Waals surface area contributed by atoms with Gasteiger partial charge in [-0.3, -0.25) is 4.79 Å². The minimum Gasteiger partial charge on any atom is -0.483 e. The molecule has 3 aromatic rings. The molecule has 4 rings (SSSR count). The summed E-state index contributed by atoms with van der Waals surface area (Å²) in [5.41, 5.74) is 4.36. The number of fused-ring (bicyclic) bond motifs is 1. The van der Waals surface area contributed by atoms with Crippen LogP contribution in [0.3, 0.4) is 0 Å². The summed E-state index contributed by atoms with van der Waals surface area (Å²) >= 11 is 1.88. The number of thioether (sulfide) groups is 1. The van der Waals surface area contributed by atoms with E-state index in [1.165, 1.54) is 18.4 Å². The quantitative estimate of drug-likeness (QED) is 0.483. The van der Waals surface area contributed by atoms with Crippen LogP contribution in [-0.2, 0) is 4.79 Å². The summed E-state index contributed by atoms with van der Waals surface area (Å²) in [5.74, 6) is 0.374. The van der Waals surface area contributed by atoms with Gasteiger partial charge in [0.1, 0.15) is 5.03 Å². The van der Waals surface area contributed by atoms with Crippen LogP contribution in [0.5, 0.6) is 0 Å². The Labute approximate surface area is 187 Å². The van der Waals surface area contributed by atoms with E-state index in [0.29, 0.717) is 11.2 Å². The van der Waals surface area contributed by atoms with Crippen LogP contribution in [0, 0.1) is 0 Å². The number of aromatic nitrogens is 3. The maximum atomic E-state index is 8.36. The highest BCUT2D eigenvalue weighted by Crippen LogP contribution is 2.32. The number of anilines is 1. The molecular weight excluding hydrogens is 410 g/mol. The van der Waals surface area contributed by atoms with Crippen molar-refractivity contribution < 1.29 is 9.90 Å². The molecule has 0 amide bonds. The van der Waals surface area contributed by atoms with E-state index in [-0.39, 0.29) is 12.5 Å². The minimum atomic E-state index is -0.250. The zero-order valence-electron chi connectivity index (χ0n) is 18.3. The lowest BCUT2D eigenvalue weighted by molar-refractivity contribution is -0.122. The van der Waals surface area contributed by atoms with Gasteiger partial charge in [-0.1, -0.05) is 55.9 Å². The Morgan fingerprint density at radius 2 is 2.03 bits per heavy atom. The Hall–Kier alpha value is -2.58. The third-order valence-electron chi connectivity index (χ3n) is 5.27. The Balaban J connectivity index is 0.000000858. The number of nitrogens with zero attached hydrogens (tertiary/aromatic N) is 3. The van der Waals surface area contributed by atoms with Gasteiger partial charge in [0.2, 0.25) is 0 Å². The molecule has 2 atom stereocenters. The smallest absolute Gasteiger partial charge is 0.290 e. The summed E-state index contributed by atoms with van der Waals surface area (Å²) < 4.78 is 2.03. The summed E-state index contributed by atoms with van der Waals surface area (Å²) in [4.78, 5) is 13.1. The molecule has 3 heterocycles. The van der Waals surface area contributed by atoms with E-state index in [4.69, 9.17) is 20.0 Å². The molecule has 1 saturated heterocycles. The van der Waals surface area contributed by atoms with E-state index in [1.807, 2.05) is 22.5 Å². The first kappa shape index (κ1) is 23.1.